The molecule has 0 aliphatic carbocycles. The molecule has 4 aliphatic heterocycles. The fraction of sp³-hybridized carbons (Fsp3) is 0.400. The van der Waals surface area contributed by atoms with E-state index in [9.17, 15) is 14.4 Å². The summed E-state index contributed by atoms with van der Waals surface area (Å²) in [5, 5.41) is 0. The summed E-state index contributed by atoms with van der Waals surface area (Å²) < 4.78 is 0. The zero-order valence-corrected chi connectivity index (χ0v) is 17.5. The SMILES string of the molecule is CCN1C(=O)[C@@]2(c3ccccc31)[C@@H]1C(=O)N(Cc3ccccc3)C(=O)[C@@H]1[C@@H]1CCCN12. The fourth-order valence-electron chi connectivity index (χ4n) is 6.64. The van der Waals surface area contributed by atoms with Crippen molar-refractivity contribution in [3.05, 3.63) is 65.7 Å². The topological polar surface area (TPSA) is 60.9 Å². The lowest BCUT2D eigenvalue weighted by Gasteiger charge is -2.37. The van der Waals surface area contributed by atoms with Crippen molar-refractivity contribution in [3.8, 4) is 0 Å². The zero-order valence-electron chi connectivity index (χ0n) is 17.5. The number of likely N-dealkylation sites (N-methyl/N-ethyl adjacent to an activating group) is 1. The van der Waals surface area contributed by atoms with Gasteiger partial charge in [0.1, 0.15) is 5.54 Å². The number of carbonyl (C=O) groups excluding carboxylic acids is 3. The third-order valence-corrected chi connectivity index (χ3v) is 7.74. The molecule has 0 unspecified atom stereocenters. The van der Waals surface area contributed by atoms with Gasteiger partial charge in [-0.05, 0) is 37.9 Å². The number of rotatable bonds is 3. The molecule has 0 saturated carbocycles. The smallest absolute Gasteiger partial charge is 0.253 e. The van der Waals surface area contributed by atoms with Crippen molar-refractivity contribution in [2.75, 3.05) is 18.0 Å². The number of amides is 3. The second-order valence-corrected chi connectivity index (χ2v) is 8.99. The maximum absolute atomic E-state index is 14.0. The van der Waals surface area contributed by atoms with Gasteiger partial charge < -0.3 is 4.90 Å². The minimum atomic E-state index is -1.06. The summed E-state index contributed by atoms with van der Waals surface area (Å²) >= 11 is 0. The number of benzene rings is 2. The van der Waals surface area contributed by atoms with Crippen LogP contribution in [0.2, 0.25) is 0 Å². The van der Waals surface area contributed by atoms with E-state index < -0.39 is 17.4 Å². The molecule has 6 rings (SSSR count). The third-order valence-electron chi connectivity index (χ3n) is 7.74. The van der Waals surface area contributed by atoms with E-state index in [1.807, 2.05) is 61.5 Å². The Labute approximate surface area is 181 Å². The third kappa shape index (κ3) is 2.18. The molecule has 0 radical (unpaired) electrons. The number of carbonyl (C=O) groups is 3. The van der Waals surface area contributed by atoms with Crippen LogP contribution in [-0.2, 0) is 26.5 Å². The Morgan fingerprint density at radius 3 is 2.45 bits per heavy atom. The molecule has 2 aromatic carbocycles. The van der Waals surface area contributed by atoms with Gasteiger partial charge in [-0.1, -0.05) is 48.5 Å². The first-order chi connectivity index (χ1) is 15.1. The second-order valence-electron chi connectivity index (χ2n) is 8.99. The predicted molar refractivity (Wildman–Crippen MR) is 115 cm³/mol. The normalized spacial score (nSPS) is 31.6. The second kappa shape index (κ2) is 6.50. The summed E-state index contributed by atoms with van der Waals surface area (Å²) in [7, 11) is 0. The van der Waals surface area contributed by atoms with Crippen LogP contribution < -0.4 is 4.90 Å². The Hall–Kier alpha value is -2.99. The molecular formula is C25H25N3O3. The van der Waals surface area contributed by atoms with E-state index in [1.54, 1.807) is 4.90 Å². The van der Waals surface area contributed by atoms with Crippen LogP contribution in [0.1, 0.15) is 30.9 Å². The van der Waals surface area contributed by atoms with Gasteiger partial charge in [0.25, 0.3) is 5.91 Å². The van der Waals surface area contributed by atoms with Crippen LogP contribution in [-0.4, -0.2) is 46.7 Å². The number of hydrogen-bond acceptors (Lipinski definition) is 4. The molecule has 4 heterocycles. The lowest BCUT2D eigenvalue weighted by atomic mass is 9.75. The lowest BCUT2D eigenvalue weighted by molar-refractivity contribution is -0.146. The molecule has 0 bridgehead atoms. The number of nitrogens with zero attached hydrogens (tertiary/aromatic N) is 3. The van der Waals surface area contributed by atoms with E-state index in [1.165, 1.54) is 4.90 Å². The Bertz CT molecular complexity index is 1100. The van der Waals surface area contributed by atoms with Crippen molar-refractivity contribution in [3.63, 3.8) is 0 Å². The molecule has 4 atom stereocenters. The van der Waals surface area contributed by atoms with Crippen molar-refractivity contribution in [1.29, 1.82) is 0 Å². The average molecular weight is 415 g/mol. The molecule has 2 aromatic rings. The van der Waals surface area contributed by atoms with Gasteiger partial charge in [0.2, 0.25) is 11.8 Å². The zero-order chi connectivity index (χ0) is 21.3. The molecule has 158 valence electrons. The maximum Gasteiger partial charge on any atom is 0.253 e. The van der Waals surface area contributed by atoms with Crippen molar-refractivity contribution < 1.29 is 14.4 Å². The molecule has 31 heavy (non-hydrogen) atoms. The van der Waals surface area contributed by atoms with Gasteiger partial charge in [0, 0.05) is 23.8 Å². The van der Waals surface area contributed by atoms with E-state index in [4.69, 9.17) is 0 Å². The highest BCUT2D eigenvalue weighted by molar-refractivity contribution is 6.16. The first kappa shape index (κ1) is 18.8. The van der Waals surface area contributed by atoms with Crippen LogP contribution in [0, 0.1) is 11.8 Å². The lowest BCUT2D eigenvalue weighted by Crippen LogP contribution is -2.55. The molecule has 6 nitrogen and oxygen atoms in total. The molecule has 3 saturated heterocycles. The van der Waals surface area contributed by atoms with Crippen molar-refractivity contribution in [1.82, 2.24) is 9.80 Å². The van der Waals surface area contributed by atoms with Crippen LogP contribution in [0.25, 0.3) is 0 Å². The van der Waals surface area contributed by atoms with E-state index in [0.717, 1.165) is 36.2 Å². The molecule has 1 spiro atoms. The van der Waals surface area contributed by atoms with Crippen molar-refractivity contribution in [2.45, 2.75) is 37.9 Å². The van der Waals surface area contributed by atoms with Gasteiger partial charge in [-0.3, -0.25) is 24.2 Å². The van der Waals surface area contributed by atoms with Crippen molar-refractivity contribution >= 4 is 23.4 Å². The molecular weight excluding hydrogens is 390 g/mol. The van der Waals surface area contributed by atoms with Gasteiger partial charge in [0.15, 0.2) is 0 Å². The van der Waals surface area contributed by atoms with Crippen LogP contribution in [0.5, 0.6) is 0 Å². The highest BCUT2D eigenvalue weighted by Crippen LogP contribution is 2.61. The minimum Gasteiger partial charge on any atom is -0.310 e. The van der Waals surface area contributed by atoms with Gasteiger partial charge in [-0.15, -0.1) is 0 Å². The van der Waals surface area contributed by atoms with E-state index in [0.29, 0.717) is 6.54 Å². The van der Waals surface area contributed by atoms with Gasteiger partial charge in [-0.2, -0.15) is 0 Å². The van der Waals surface area contributed by atoms with Crippen molar-refractivity contribution in [2.24, 2.45) is 11.8 Å². The maximum atomic E-state index is 14.0. The first-order valence-corrected chi connectivity index (χ1v) is 11.2. The van der Waals surface area contributed by atoms with E-state index in [2.05, 4.69) is 4.90 Å². The first-order valence-electron chi connectivity index (χ1n) is 11.2. The fourth-order valence-corrected chi connectivity index (χ4v) is 6.64. The van der Waals surface area contributed by atoms with Crippen LogP contribution in [0.4, 0.5) is 5.69 Å². The van der Waals surface area contributed by atoms with Crippen LogP contribution >= 0.6 is 0 Å². The number of hydrogen-bond donors (Lipinski definition) is 0. The van der Waals surface area contributed by atoms with Gasteiger partial charge >= 0.3 is 0 Å². The monoisotopic (exact) mass is 415 g/mol. The van der Waals surface area contributed by atoms with Gasteiger partial charge in [-0.25, -0.2) is 0 Å². The number of fused-ring (bicyclic) bond motifs is 7. The quantitative estimate of drug-likeness (QED) is 0.723. The predicted octanol–water partition coefficient (Wildman–Crippen LogP) is 2.53. The number of para-hydroxylation sites is 1. The Balaban J connectivity index is 1.51. The summed E-state index contributed by atoms with van der Waals surface area (Å²) in [6, 6.07) is 17.4. The summed E-state index contributed by atoms with van der Waals surface area (Å²) in [6.45, 7) is 3.52. The number of imide groups is 1. The Morgan fingerprint density at radius 1 is 0.935 bits per heavy atom. The summed E-state index contributed by atoms with van der Waals surface area (Å²) in [4.78, 5) is 46.9. The summed E-state index contributed by atoms with van der Waals surface area (Å²) in [5.74, 6) is -1.47. The molecule has 0 N–H and O–H groups in total. The minimum absolute atomic E-state index is 0.0432. The molecule has 0 aromatic heterocycles. The molecule has 6 heteroatoms. The summed E-state index contributed by atoms with van der Waals surface area (Å²) in [6.07, 6.45) is 1.79. The van der Waals surface area contributed by atoms with Gasteiger partial charge in [0.05, 0.1) is 18.4 Å². The Kier molecular flexibility index (Phi) is 3.93. The molecule has 3 fully saturated rings. The standard InChI is InChI=1S/C25H25N3O3/c1-2-26-18-12-7-6-11-17(18)25(24(26)31)21-20(19-13-8-14-28(19)25)22(29)27(23(21)30)15-16-9-4-3-5-10-16/h3-7,9-12,19-21H,2,8,13-15H2,1H3/t19-,20+,21-,25+/m0/s1. The van der Waals surface area contributed by atoms with Crippen LogP contribution in [0.3, 0.4) is 0 Å². The number of likely N-dealkylation sites (tertiary alicyclic amines) is 1. The highest BCUT2D eigenvalue weighted by atomic mass is 16.2. The Morgan fingerprint density at radius 2 is 1.68 bits per heavy atom. The van der Waals surface area contributed by atoms with E-state index in [-0.39, 0.29) is 30.3 Å². The average Bonchev–Trinajstić information content (AvgIpc) is 3.49. The van der Waals surface area contributed by atoms with E-state index >= 15 is 0 Å². The molecule has 4 aliphatic rings. The number of anilines is 1. The molecule has 3 amide bonds. The highest BCUT2D eigenvalue weighted by Gasteiger charge is 2.75. The van der Waals surface area contributed by atoms with Crippen LogP contribution in [0.15, 0.2) is 54.6 Å². The summed E-state index contributed by atoms with van der Waals surface area (Å²) in [5.41, 5.74) is 1.64. The largest absolute Gasteiger partial charge is 0.310 e.